The van der Waals surface area contributed by atoms with Crippen molar-refractivity contribution in [1.82, 2.24) is 4.90 Å². The number of piperidine rings is 1. The summed E-state index contributed by atoms with van der Waals surface area (Å²) in [5.41, 5.74) is 0.487. The van der Waals surface area contributed by atoms with Gasteiger partial charge in [-0.25, -0.2) is 0 Å². The van der Waals surface area contributed by atoms with Crippen LogP contribution in [0.15, 0.2) is 30.0 Å². The monoisotopic (exact) mass is 359 g/mol. The molecule has 8 heteroatoms. The van der Waals surface area contributed by atoms with Gasteiger partial charge in [-0.05, 0) is 25.0 Å². The summed E-state index contributed by atoms with van der Waals surface area (Å²) in [6, 6.07) is 7.02. The minimum Gasteiger partial charge on any atom is -0.497 e. The zero-order chi connectivity index (χ0) is 19.1. The van der Waals surface area contributed by atoms with E-state index >= 15 is 0 Å². The summed E-state index contributed by atoms with van der Waals surface area (Å²) in [5, 5.41) is 21.2. The van der Waals surface area contributed by atoms with Gasteiger partial charge in [-0.15, -0.1) is 0 Å². The van der Waals surface area contributed by atoms with Crippen molar-refractivity contribution in [2.75, 3.05) is 32.6 Å². The number of carboxylic acids is 1. The van der Waals surface area contributed by atoms with Crippen molar-refractivity contribution >= 4 is 17.6 Å². The summed E-state index contributed by atoms with van der Waals surface area (Å²) in [6.07, 6.45) is 2.09. The van der Waals surface area contributed by atoms with E-state index in [2.05, 4.69) is 5.32 Å². The lowest BCUT2D eigenvalue weighted by atomic mass is 9.97. The number of hydrogen-bond acceptors (Lipinski definition) is 6. The zero-order valence-corrected chi connectivity index (χ0v) is 14.7. The highest BCUT2D eigenvalue weighted by atomic mass is 16.5. The molecule has 1 saturated heterocycles. The molecule has 1 aliphatic rings. The molecular formula is C18H21N3O5. The lowest BCUT2D eigenvalue weighted by Gasteiger charge is -2.29. The molecule has 0 saturated carbocycles. The van der Waals surface area contributed by atoms with E-state index in [0.717, 1.165) is 0 Å². The number of aliphatic carboxylic acids is 1. The Labute approximate surface area is 151 Å². The van der Waals surface area contributed by atoms with E-state index in [0.29, 0.717) is 43.1 Å². The van der Waals surface area contributed by atoms with Crippen molar-refractivity contribution in [2.24, 2.45) is 5.92 Å². The lowest BCUT2D eigenvalue weighted by molar-refractivity contribution is -0.145. The van der Waals surface area contributed by atoms with Gasteiger partial charge in [0.15, 0.2) is 0 Å². The van der Waals surface area contributed by atoms with Gasteiger partial charge in [0, 0.05) is 25.4 Å². The number of nitrogens with one attached hydrogen (secondary N) is 1. The molecule has 26 heavy (non-hydrogen) atoms. The average molecular weight is 359 g/mol. The number of carbonyl (C=O) groups excluding carboxylic acids is 1. The Morgan fingerprint density at radius 2 is 2.00 bits per heavy atom. The minimum absolute atomic E-state index is 0.0661. The third-order valence-corrected chi connectivity index (χ3v) is 4.26. The maximum atomic E-state index is 12.5. The van der Waals surface area contributed by atoms with Crippen LogP contribution in [0, 0.1) is 17.2 Å². The minimum atomic E-state index is -0.847. The van der Waals surface area contributed by atoms with Gasteiger partial charge in [0.2, 0.25) is 0 Å². The van der Waals surface area contributed by atoms with Gasteiger partial charge in [-0.1, -0.05) is 0 Å². The van der Waals surface area contributed by atoms with E-state index in [1.807, 2.05) is 6.07 Å². The average Bonchev–Trinajstić information content (AvgIpc) is 2.68. The SMILES string of the molecule is COc1ccc(OC)c(N/C=C(/C#N)C(=O)N2CCC(C(=O)O)CC2)c1. The highest BCUT2D eigenvalue weighted by Crippen LogP contribution is 2.29. The van der Waals surface area contributed by atoms with Crippen LogP contribution >= 0.6 is 0 Å². The van der Waals surface area contributed by atoms with E-state index in [1.54, 1.807) is 18.2 Å². The van der Waals surface area contributed by atoms with Crippen LogP contribution < -0.4 is 14.8 Å². The number of methoxy groups -OCH3 is 2. The number of benzene rings is 1. The van der Waals surface area contributed by atoms with Crippen LogP contribution in [-0.2, 0) is 9.59 Å². The highest BCUT2D eigenvalue weighted by molar-refractivity contribution is 5.97. The number of carboxylic acid groups (broad SMARTS) is 1. The molecule has 2 rings (SSSR count). The number of anilines is 1. The Hall–Kier alpha value is -3.21. The van der Waals surface area contributed by atoms with E-state index < -0.39 is 17.8 Å². The fraction of sp³-hybridized carbons (Fsp3) is 0.389. The number of nitrogens with zero attached hydrogens (tertiary/aromatic N) is 2. The molecule has 0 spiro atoms. The standard InChI is InChI=1S/C18H21N3O5/c1-25-14-3-4-16(26-2)15(9-14)20-11-13(10-19)17(22)21-7-5-12(6-8-21)18(23)24/h3-4,9,11-12,20H,5-8H2,1-2H3,(H,23,24)/b13-11-. The maximum absolute atomic E-state index is 12.5. The van der Waals surface area contributed by atoms with E-state index in [9.17, 15) is 14.9 Å². The quantitative estimate of drug-likeness (QED) is 0.589. The van der Waals surface area contributed by atoms with E-state index in [-0.39, 0.29) is 5.57 Å². The molecule has 1 amide bonds. The molecule has 138 valence electrons. The van der Waals surface area contributed by atoms with E-state index in [1.165, 1.54) is 25.3 Å². The van der Waals surface area contributed by atoms with Crippen molar-refractivity contribution in [2.45, 2.75) is 12.8 Å². The van der Waals surface area contributed by atoms with Gasteiger partial charge >= 0.3 is 5.97 Å². The molecule has 0 radical (unpaired) electrons. The predicted molar refractivity (Wildman–Crippen MR) is 93.8 cm³/mol. The van der Waals surface area contributed by atoms with Crippen molar-refractivity contribution in [3.05, 3.63) is 30.0 Å². The van der Waals surface area contributed by atoms with Gasteiger partial charge in [0.05, 0.1) is 25.8 Å². The van der Waals surface area contributed by atoms with Gasteiger partial charge < -0.3 is 24.8 Å². The van der Waals surface area contributed by atoms with Crippen molar-refractivity contribution in [1.29, 1.82) is 5.26 Å². The Balaban J connectivity index is 2.10. The molecule has 1 fully saturated rings. The molecule has 0 unspecified atom stereocenters. The molecule has 1 aliphatic heterocycles. The van der Waals surface area contributed by atoms with Crippen LogP contribution in [0.2, 0.25) is 0 Å². The fourth-order valence-electron chi connectivity index (χ4n) is 2.72. The Morgan fingerprint density at radius 1 is 1.31 bits per heavy atom. The molecule has 1 aromatic carbocycles. The Kier molecular flexibility index (Phi) is 6.44. The molecule has 8 nitrogen and oxygen atoms in total. The number of ether oxygens (including phenoxy) is 2. The van der Waals surface area contributed by atoms with Crippen LogP contribution in [0.5, 0.6) is 11.5 Å². The molecule has 1 aromatic rings. The highest BCUT2D eigenvalue weighted by Gasteiger charge is 2.28. The summed E-state index contributed by atoms with van der Waals surface area (Å²) in [4.78, 5) is 25.0. The van der Waals surface area contributed by atoms with Crippen LogP contribution in [0.1, 0.15) is 12.8 Å². The summed E-state index contributed by atoms with van der Waals surface area (Å²) in [6.45, 7) is 0.634. The number of likely N-dealkylation sites (tertiary alicyclic amines) is 1. The zero-order valence-electron chi connectivity index (χ0n) is 14.7. The van der Waals surface area contributed by atoms with Gasteiger partial charge in [-0.2, -0.15) is 5.26 Å². The van der Waals surface area contributed by atoms with Crippen molar-refractivity contribution in [3.63, 3.8) is 0 Å². The number of nitriles is 1. The Bertz CT molecular complexity index is 746. The summed E-state index contributed by atoms with van der Waals surface area (Å²) >= 11 is 0. The second-order valence-corrected chi connectivity index (χ2v) is 5.79. The molecular weight excluding hydrogens is 338 g/mol. The first-order valence-corrected chi connectivity index (χ1v) is 8.11. The van der Waals surface area contributed by atoms with E-state index in [4.69, 9.17) is 14.6 Å². The largest absolute Gasteiger partial charge is 0.497 e. The van der Waals surface area contributed by atoms with Crippen molar-refractivity contribution < 1.29 is 24.2 Å². The topological polar surface area (TPSA) is 112 Å². The fourth-order valence-corrected chi connectivity index (χ4v) is 2.72. The van der Waals surface area contributed by atoms with Gasteiger partial charge in [-0.3, -0.25) is 9.59 Å². The van der Waals surface area contributed by atoms with Crippen LogP contribution in [0.3, 0.4) is 0 Å². The second-order valence-electron chi connectivity index (χ2n) is 5.79. The first-order chi connectivity index (χ1) is 12.5. The maximum Gasteiger partial charge on any atom is 0.306 e. The first-order valence-electron chi connectivity index (χ1n) is 8.11. The normalized spacial score (nSPS) is 15.1. The molecule has 2 N–H and O–H groups in total. The van der Waals surface area contributed by atoms with Crippen LogP contribution in [-0.4, -0.2) is 49.2 Å². The molecule has 0 aromatic heterocycles. The van der Waals surface area contributed by atoms with Gasteiger partial charge in [0.1, 0.15) is 23.1 Å². The predicted octanol–water partition coefficient (Wildman–Crippen LogP) is 1.85. The number of rotatable bonds is 6. The molecule has 0 bridgehead atoms. The third-order valence-electron chi connectivity index (χ3n) is 4.26. The molecule has 0 atom stereocenters. The summed E-state index contributed by atoms with van der Waals surface area (Å²) in [7, 11) is 3.05. The van der Waals surface area contributed by atoms with Gasteiger partial charge in [0.25, 0.3) is 5.91 Å². The second kappa shape index (κ2) is 8.76. The smallest absolute Gasteiger partial charge is 0.306 e. The molecule has 1 heterocycles. The number of amides is 1. The van der Waals surface area contributed by atoms with Crippen molar-refractivity contribution in [3.8, 4) is 17.6 Å². The number of hydrogen-bond donors (Lipinski definition) is 2. The third kappa shape index (κ3) is 4.45. The summed E-state index contributed by atoms with van der Waals surface area (Å²) in [5.74, 6) is -0.574. The number of carbonyl (C=O) groups is 2. The first kappa shape index (κ1) is 19.1. The lowest BCUT2D eigenvalue weighted by Crippen LogP contribution is -2.40. The molecule has 0 aliphatic carbocycles. The Morgan fingerprint density at radius 3 is 2.54 bits per heavy atom. The van der Waals surface area contributed by atoms with Crippen LogP contribution in [0.4, 0.5) is 5.69 Å². The summed E-state index contributed by atoms with van der Waals surface area (Å²) < 4.78 is 10.4. The van der Waals surface area contributed by atoms with Crippen LogP contribution in [0.25, 0.3) is 0 Å².